The van der Waals surface area contributed by atoms with Crippen LogP contribution in [0.4, 0.5) is 15.3 Å². The number of piperidine rings is 1. The van der Waals surface area contributed by atoms with Crippen molar-refractivity contribution in [3.05, 3.63) is 29.8 Å². The van der Waals surface area contributed by atoms with Crippen molar-refractivity contribution in [2.45, 2.75) is 31.5 Å². The summed E-state index contributed by atoms with van der Waals surface area (Å²) < 4.78 is 10.2. The molecule has 1 aliphatic heterocycles. The van der Waals surface area contributed by atoms with Crippen LogP contribution < -0.4 is 10.6 Å². The Bertz CT molecular complexity index is 598. The lowest BCUT2D eigenvalue weighted by atomic mass is 9.88. The van der Waals surface area contributed by atoms with Gasteiger partial charge in [-0.3, -0.25) is 0 Å². The van der Waals surface area contributed by atoms with E-state index < -0.39 is 6.09 Å². The molecule has 1 aromatic carbocycles. The van der Waals surface area contributed by atoms with Crippen LogP contribution in [0.5, 0.6) is 0 Å². The Morgan fingerprint density at radius 2 is 1.88 bits per heavy atom. The molecule has 144 valence electrons. The smallest absolute Gasteiger partial charge is 0.407 e. The van der Waals surface area contributed by atoms with E-state index in [1.54, 1.807) is 14.2 Å². The van der Waals surface area contributed by atoms with E-state index in [0.29, 0.717) is 26.1 Å². The molecule has 3 amide bonds. The zero-order valence-electron chi connectivity index (χ0n) is 15.2. The molecule has 0 unspecified atom stereocenters. The number of urea groups is 1. The third kappa shape index (κ3) is 5.60. The predicted octanol–water partition coefficient (Wildman–Crippen LogP) is 2.67. The van der Waals surface area contributed by atoms with Crippen molar-refractivity contribution in [1.82, 2.24) is 10.2 Å². The van der Waals surface area contributed by atoms with Crippen LogP contribution in [0.3, 0.4) is 0 Å². The molecule has 8 nitrogen and oxygen atoms in total. The van der Waals surface area contributed by atoms with Gasteiger partial charge < -0.3 is 30.1 Å². The van der Waals surface area contributed by atoms with Gasteiger partial charge in [0.05, 0.1) is 0 Å². The van der Waals surface area contributed by atoms with Gasteiger partial charge in [-0.1, -0.05) is 18.2 Å². The fourth-order valence-corrected chi connectivity index (χ4v) is 3.15. The van der Waals surface area contributed by atoms with Gasteiger partial charge in [-0.25, -0.2) is 9.59 Å². The lowest BCUT2D eigenvalue weighted by Crippen LogP contribution is -2.37. The Balaban J connectivity index is 1.90. The summed E-state index contributed by atoms with van der Waals surface area (Å²) in [5.41, 5.74) is 1.80. The van der Waals surface area contributed by atoms with E-state index in [9.17, 15) is 9.59 Å². The number of likely N-dealkylation sites (tertiary alicyclic amines) is 1. The highest BCUT2D eigenvalue weighted by Gasteiger charge is 2.25. The number of nitrogens with zero attached hydrogens (tertiary/aromatic N) is 1. The topological polar surface area (TPSA) is 100 Å². The highest BCUT2D eigenvalue weighted by molar-refractivity contribution is 5.90. The maximum Gasteiger partial charge on any atom is 0.407 e. The highest BCUT2D eigenvalue weighted by Crippen LogP contribution is 2.32. The molecule has 3 N–H and O–H groups in total. The Morgan fingerprint density at radius 3 is 2.50 bits per heavy atom. The van der Waals surface area contributed by atoms with Crippen molar-refractivity contribution in [2.75, 3.05) is 39.2 Å². The van der Waals surface area contributed by atoms with Crippen LogP contribution in [0.25, 0.3) is 0 Å². The number of nitrogens with one attached hydrogen (secondary N) is 2. The molecule has 1 heterocycles. The number of anilines is 1. The Kier molecular flexibility index (Phi) is 7.68. The number of carbonyl (C=O) groups is 2. The minimum atomic E-state index is -0.875. The van der Waals surface area contributed by atoms with Crippen molar-refractivity contribution >= 4 is 17.8 Å². The van der Waals surface area contributed by atoms with E-state index >= 15 is 0 Å². The van der Waals surface area contributed by atoms with E-state index in [1.807, 2.05) is 24.3 Å². The van der Waals surface area contributed by atoms with Gasteiger partial charge >= 0.3 is 12.1 Å². The molecule has 1 aromatic rings. The van der Waals surface area contributed by atoms with Crippen LogP contribution >= 0.6 is 0 Å². The number of rotatable bonds is 7. The van der Waals surface area contributed by atoms with E-state index in [-0.39, 0.29) is 18.2 Å². The van der Waals surface area contributed by atoms with Crippen molar-refractivity contribution in [3.8, 4) is 0 Å². The van der Waals surface area contributed by atoms with Crippen molar-refractivity contribution in [3.63, 3.8) is 0 Å². The Hall–Kier alpha value is -2.32. The van der Waals surface area contributed by atoms with Gasteiger partial charge in [0.25, 0.3) is 0 Å². The third-order valence-electron chi connectivity index (χ3n) is 4.61. The predicted molar refractivity (Wildman–Crippen MR) is 97.5 cm³/mol. The number of ether oxygens (including phenoxy) is 2. The molecule has 0 radical (unpaired) electrons. The summed E-state index contributed by atoms with van der Waals surface area (Å²) in [6, 6.07) is 7.38. The number of benzene rings is 1. The summed E-state index contributed by atoms with van der Waals surface area (Å²) in [4.78, 5) is 24.6. The van der Waals surface area contributed by atoms with Crippen molar-refractivity contribution in [2.24, 2.45) is 0 Å². The Morgan fingerprint density at radius 1 is 1.23 bits per heavy atom. The number of methoxy groups -OCH3 is 2. The lowest BCUT2D eigenvalue weighted by Gasteiger charge is -2.31. The molecule has 0 bridgehead atoms. The summed E-state index contributed by atoms with van der Waals surface area (Å²) in [5.74, 6) is 0.230. The van der Waals surface area contributed by atoms with Gasteiger partial charge in [0, 0.05) is 46.0 Å². The molecule has 0 saturated carbocycles. The fraction of sp³-hybridized carbons (Fsp3) is 0.556. The molecule has 1 aliphatic rings. The minimum Gasteiger partial charge on any atom is -0.465 e. The van der Waals surface area contributed by atoms with Crippen LogP contribution in [0, 0.1) is 0 Å². The van der Waals surface area contributed by atoms with Gasteiger partial charge in [-0.15, -0.1) is 0 Å². The second kappa shape index (κ2) is 9.98. The monoisotopic (exact) mass is 365 g/mol. The van der Waals surface area contributed by atoms with Crippen LogP contribution in [-0.4, -0.2) is 62.3 Å². The van der Waals surface area contributed by atoms with E-state index in [1.165, 1.54) is 4.90 Å². The van der Waals surface area contributed by atoms with Crippen molar-refractivity contribution < 1.29 is 24.2 Å². The van der Waals surface area contributed by atoms with Gasteiger partial charge in [-0.05, 0) is 30.4 Å². The summed E-state index contributed by atoms with van der Waals surface area (Å²) in [5, 5.41) is 14.7. The first kappa shape index (κ1) is 20.0. The van der Waals surface area contributed by atoms with Gasteiger partial charge in [-0.2, -0.15) is 0 Å². The van der Waals surface area contributed by atoms with Gasteiger partial charge in [0.2, 0.25) is 0 Å². The largest absolute Gasteiger partial charge is 0.465 e. The minimum absolute atomic E-state index is 0.230. The first-order valence-electron chi connectivity index (χ1n) is 8.72. The van der Waals surface area contributed by atoms with Crippen LogP contribution in [0.2, 0.25) is 0 Å². The molecule has 0 aromatic heterocycles. The van der Waals surface area contributed by atoms with Crippen LogP contribution in [-0.2, 0) is 9.47 Å². The molecule has 2 rings (SSSR count). The number of carbonyl (C=O) groups excluding carboxylic acids is 1. The van der Waals surface area contributed by atoms with Gasteiger partial charge in [0.1, 0.15) is 0 Å². The summed E-state index contributed by atoms with van der Waals surface area (Å²) >= 11 is 0. The molecular weight excluding hydrogens is 338 g/mol. The van der Waals surface area contributed by atoms with Crippen molar-refractivity contribution in [1.29, 1.82) is 0 Å². The van der Waals surface area contributed by atoms with Crippen LogP contribution in [0.15, 0.2) is 24.3 Å². The SMILES string of the molecule is COC(CCNC(=O)Nc1ccccc1C1CCN(C(=O)O)CC1)OC. The maximum atomic E-state index is 12.2. The molecule has 26 heavy (non-hydrogen) atoms. The van der Waals surface area contributed by atoms with E-state index in [2.05, 4.69) is 10.6 Å². The third-order valence-corrected chi connectivity index (χ3v) is 4.61. The van der Waals surface area contributed by atoms with E-state index in [0.717, 1.165) is 24.1 Å². The van der Waals surface area contributed by atoms with Gasteiger partial charge in [0.15, 0.2) is 6.29 Å². The number of carboxylic acid groups (broad SMARTS) is 1. The number of para-hydroxylation sites is 1. The lowest BCUT2D eigenvalue weighted by molar-refractivity contribution is -0.105. The standard InChI is InChI=1S/C18H27N3O5/c1-25-16(26-2)7-10-19-17(22)20-15-6-4-3-5-14(15)13-8-11-21(12-9-13)18(23)24/h3-6,13,16H,7-12H2,1-2H3,(H,23,24)(H2,19,20,22). The fourth-order valence-electron chi connectivity index (χ4n) is 3.15. The second-order valence-corrected chi connectivity index (χ2v) is 6.20. The zero-order valence-corrected chi connectivity index (χ0v) is 15.2. The first-order valence-corrected chi connectivity index (χ1v) is 8.72. The summed E-state index contributed by atoms with van der Waals surface area (Å²) in [6.45, 7) is 1.45. The molecule has 0 spiro atoms. The molecule has 1 fully saturated rings. The molecule has 0 atom stereocenters. The summed E-state index contributed by atoms with van der Waals surface area (Å²) in [7, 11) is 3.11. The average Bonchev–Trinajstić information content (AvgIpc) is 2.66. The number of hydrogen-bond acceptors (Lipinski definition) is 4. The Labute approximate surface area is 153 Å². The van der Waals surface area contributed by atoms with Crippen LogP contribution in [0.1, 0.15) is 30.7 Å². The maximum absolute atomic E-state index is 12.2. The molecular formula is C18H27N3O5. The first-order chi connectivity index (χ1) is 12.5. The highest BCUT2D eigenvalue weighted by atomic mass is 16.7. The average molecular weight is 365 g/mol. The number of amides is 3. The quantitative estimate of drug-likeness (QED) is 0.645. The zero-order chi connectivity index (χ0) is 18.9. The second-order valence-electron chi connectivity index (χ2n) is 6.20. The normalized spacial score (nSPS) is 15.1. The molecule has 1 saturated heterocycles. The molecule has 0 aliphatic carbocycles. The summed E-state index contributed by atoms with van der Waals surface area (Å²) in [6.07, 6.45) is 0.823. The van der Waals surface area contributed by atoms with E-state index in [4.69, 9.17) is 14.6 Å². The number of hydrogen-bond donors (Lipinski definition) is 3. The molecule has 8 heteroatoms.